The molecule has 0 saturated carbocycles. The van der Waals surface area contributed by atoms with Crippen molar-refractivity contribution in [2.45, 2.75) is 6.54 Å². The first-order valence-electron chi connectivity index (χ1n) is 6.08. The van der Waals surface area contributed by atoms with E-state index in [9.17, 15) is 4.39 Å². The highest BCUT2D eigenvalue weighted by atomic mass is 19.1. The molecule has 1 heterocycles. The number of anilines is 1. The minimum absolute atomic E-state index is 0.115. The van der Waals surface area contributed by atoms with Crippen molar-refractivity contribution in [3.63, 3.8) is 0 Å². The van der Waals surface area contributed by atoms with Gasteiger partial charge in [0.1, 0.15) is 5.82 Å². The predicted octanol–water partition coefficient (Wildman–Crippen LogP) is 1.30. The third kappa shape index (κ3) is 2.76. The zero-order chi connectivity index (χ0) is 12.3. The number of rotatable bonds is 3. The Morgan fingerprint density at radius 2 is 1.94 bits per heavy atom. The maximum atomic E-state index is 13.8. The van der Waals surface area contributed by atoms with Crippen molar-refractivity contribution in [3.05, 3.63) is 29.6 Å². The van der Waals surface area contributed by atoms with Crippen molar-refractivity contribution < 1.29 is 4.39 Å². The summed E-state index contributed by atoms with van der Waals surface area (Å²) in [5, 5.41) is 3.04. The molecule has 0 atom stereocenters. The maximum Gasteiger partial charge on any atom is 0.129 e. The summed E-state index contributed by atoms with van der Waals surface area (Å²) < 4.78 is 13.8. The van der Waals surface area contributed by atoms with E-state index in [2.05, 4.69) is 22.2 Å². The molecule has 1 fully saturated rings. The molecule has 1 aromatic carbocycles. The summed E-state index contributed by atoms with van der Waals surface area (Å²) in [5.74, 6) is -0.115. The van der Waals surface area contributed by atoms with Gasteiger partial charge in [0.15, 0.2) is 0 Å². The highest BCUT2D eigenvalue weighted by Gasteiger charge is 2.18. The average Bonchev–Trinajstić information content (AvgIpc) is 2.33. The van der Waals surface area contributed by atoms with E-state index in [1.165, 1.54) is 6.07 Å². The molecule has 0 spiro atoms. The number of hydrogen-bond acceptors (Lipinski definition) is 3. The van der Waals surface area contributed by atoms with Crippen LogP contribution in [-0.2, 0) is 6.54 Å². The lowest BCUT2D eigenvalue weighted by Gasteiger charge is -2.35. The topological polar surface area (TPSA) is 18.5 Å². The lowest BCUT2D eigenvalue weighted by atomic mass is 10.1. The van der Waals surface area contributed by atoms with Gasteiger partial charge >= 0.3 is 0 Å². The van der Waals surface area contributed by atoms with Crippen LogP contribution >= 0.6 is 0 Å². The molecule has 94 valence electrons. The van der Waals surface area contributed by atoms with Crippen molar-refractivity contribution in [2.75, 3.05) is 45.2 Å². The fraction of sp³-hybridized carbons (Fsp3) is 0.538. The van der Waals surface area contributed by atoms with Crippen molar-refractivity contribution >= 4 is 5.69 Å². The Morgan fingerprint density at radius 1 is 1.24 bits per heavy atom. The van der Waals surface area contributed by atoms with Gasteiger partial charge in [-0.15, -0.1) is 0 Å². The second-order valence-corrected chi connectivity index (χ2v) is 4.56. The largest absolute Gasteiger partial charge is 0.369 e. The Balaban J connectivity index is 2.22. The number of halogens is 1. The molecule has 3 nitrogen and oxygen atoms in total. The van der Waals surface area contributed by atoms with Crippen molar-refractivity contribution in [1.29, 1.82) is 0 Å². The van der Waals surface area contributed by atoms with Crippen molar-refractivity contribution in [1.82, 2.24) is 10.2 Å². The minimum atomic E-state index is -0.115. The summed E-state index contributed by atoms with van der Waals surface area (Å²) >= 11 is 0. The number of nitrogens with zero attached hydrogens (tertiary/aromatic N) is 2. The standard InChI is InChI=1S/C13H20FN3/c1-15-10-11-12(14)4-3-5-13(11)17-8-6-16(2)7-9-17/h3-5,15H,6-10H2,1-2H3. The summed E-state index contributed by atoms with van der Waals surface area (Å²) in [5.41, 5.74) is 1.81. The van der Waals surface area contributed by atoms with E-state index >= 15 is 0 Å². The molecule has 1 N–H and O–H groups in total. The number of hydrogen-bond donors (Lipinski definition) is 1. The molecular formula is C13H20FN3. The normalized spacial score (nSPS) is 17.5. The van der Waals surface area contributed by atoms with Crippen LogP contribution in [0.2, 0.25) is 0 Å². The van der Waals surface area contributed by atoms with E-state index in [1.54, 1.807) is 6.07 Å². The predicted molar refractivity (Wildman–Crippen MR) is 68.9 cm³/mol. The van der Waals surface area contributed by atoms with Gasteiger partial charge in [0.05, 0.1) is 0 Å². The third-order valence-corrected chi connectivity index (χ3v) is 3.29. The van der Waals surface area contributed by atoms with E-state index < -0.39 is 0 Å². The van der Waals surface area contributed by atoms with Gasteiger partial charge in [-0.05, 0) is 26.2 Å². The second kappa shape index (κ2) is 5.47. The van der Waals surface area contributed by atoms with Crippen molar-refractivity contribution in [3.8, 4) is 0 Å². The molecule has 17 heavy (non-hydrogen) atoms. The summed E-state index contributed by atoms with van der Waals surface area (Å²) in [4.78, 5) is 4.57. The molecule has 0 aliphatic carbocycles. The number of piperazine rings is 1. The van der Waals surface area contributed by atoms with Gasteiger partial charge in [-0.2, -0.15) is 0 Å². The number of likely N-dealkylation sites (N-methyl/N-ethyl adjacent to an activating group) is 1. The molecule has 0 bridgehead atoms. The van der Waals surface area contributed by atoms with Gasteiger partial charge in [-0.3, -0.25) is 0 Å². The Kier molecular flexibility index (Phi) is 3.97. The highest BCUT2D eigenvalue weighted by molar-refractivity contribution is 5.54. The summed E-state index contributed by atoms with van der Waals surface area (Å²) in [6.07, 6.45) is 0. The fourth-order valence-corrected chi connectivity index (χ4v) is 2.24. The smallest absolute Gasteiger partial charge is 0.129 e. The molecule has 0 unspecified atom stereocenters. The van der Waals surface area contributed by atoms with E-state index in [4.69, 9.17) is 0 Å². The van der Waals surface area contributed by atoms with Crippen LogP contribution in [-0.4, -0.2) is 45.2 Å². The molecule has 1 saturated heterocycles. The van der Waals surface area contributed by atoms with Crippen molar-refractivity contribution in [2.24, 2.45) is 0 Å². The number of nitrogens with one attached hydrogen (secondary N) is 1. The first-order valence-corrected chi connectivity index (χ1v) is 6.08. The maximum absolute atomic E-state index is 13.8. The van der Waals surface area contributed by atoms with Gasteiger partial charge < -0.3 is 15.1 Å². The lowest BCUT2D eigenvalue weighted by Crippen LogP contribution is -2.45. The van der Waals surface area contributed by atoms with Crippen LogP contribution in [0.1, 0.15) is 5.56 Å². The summed E-state index contributed by atoms with van der Waals surface area (Å²) in [7, 11) is 3.97. The quantitative estimate of drug-likeness (QED) is 0.855. The van der Waals surface area contributed by atoms with Crippen LogP contribution in [0.5, 0.6) is 0 Å². The van der Waals surface area contributed by atoms with Crippen LogP contribution in [0.4, 0.5) is 10.1 Å². The molecule has 0 aromatic heterocycles. The minimum Gasteiger partial charge on any atom is -0.369 e. The Morgan fingerprint density at radius 3 is 2.59 bits per heavy atom. The Bertz CT molecular complexity index is 373. The van der Waals surface area contributed by atoms with Gasteiger partial charge in [-0.25, -0.2) is 4.39 Å². The van der Waals surface area contributed by atoms with Crippen LogP contribution in [0.25, 0.3) is 0 Å². The SMILES string of the molecule is CNCc1c(F)cccc1N1CCN(C)CC1. The monoisotopic (exact) mass is 237 g/mol. The molecule has 4 heteroatoms. The van der Waals surface area contributed by atoms with Crippen LogP contribution < -0.4 is 10.2 Å². The van der Waals surface area contributed by atoms with Gasteiger partial charge in [0.25, 0.3) is 0 Å². The van der Waals surface area contributed by atoms with E-state index in [0.717, 1.165) is 37.4 Å². The zero-order valence-corrected chi connectivity index (χ0v) is 10.5. The average molecular weight is 237 g/mol. The van der Waals surface area contributed by atoms with Crippen LogP contribution in [0.3, 0.4) is 0 Å². The molecule has 1 aromatic rings. The molecule has 0 amide bonds. The van der Waals surface area contributed by atoms with Crippen LogP contribution in [0.15, 0.2) is 18.2 Å². The van der Waals surface area contributed by atoms with Crippen LogP contribution in [0, 0.1) is 5.82 Å². The molecular weight excluding hydrogens is 217 g/mol. The molecule has 1 aliphatic heterocycles. The lowest BCUT2D eigenvalue weighted by molar-refractivity contribution is 0.312. The second-order valence-electron chi connectivity index (χ2n) is 4.56. The Labute approximate surface area is 102 Å². The molecule has 2 rings (SSSR count). The number of benzene rings is 1. The zero-order valence-electron chi connectivity index (χ0n) is 10.5. The summed E-state index contributed by atoms with van der Waals surface area (Å²) in [6, 6.07) is 5.34. The summed E-state index contributed by atoms with van der Waals surface area (Å²) in [6.45, 7) is 4.59. The van der Waals surface area contributed by atoms with Gasteiger partial charge in [-0.1, -0.05) is 6.07 Å². The first-order chi connectivity index (χ1) is 8.22. The van der Waals surface area contributed by atoms with E-state index in [-0.39, 0.29) is 5.82 Å². The molecule has 1 aliphatic rings. The first kappa shape index (κ1) is 12.3. The highest BCUT2D eigenvalue weighted by Crippen LogP contribution is 2.24. The van der Waals surface area contributed by atoms with E-state index in [0.29, 0.717) is 6.54 Å². The van der Waals surface area contributed by atoms with E-state index in [1.807, 2.05) is 13.1 Å². The fourth-order valence-electron chi connectivity index (χ4n) is 2.24. The third-order valence-electron chi connectivity index (χ3n) is 3.29. The van der Waals surface area contributed by atoms with Gasteiger partial charge in [0.2, 0.25) is 0 Å². The Hall–Kier alpha value is -1.13. The van der Waals surface area contributed by atoms with Gasteiger partial charge in [0, 0.05) is 44.0 Å². The molecule has 0 radical (unpaired) electrons.